The molecule has 0 aliphatic carbocycles. The Morgan fingerprint density at radius 2 is 2.10 bits per heavy atom. The van der Waals surface area contributed by atoms with Crippen LogP contribution < -0.4 is 10.6 Å². The van der Waals surface area contributed by atoms with Crippen LogP contribution in [0.15, 0.2) is 30.3 Å². The lowest BCUT2D eigenvalue weighted by molar-refractivity contribution is -0.127. The van der Waals surface area contributed by atoms with Crippen LogP contribution in [0, 0.1) is 0 Å². The quantitative estimate of drug-likeness (QED) is 0.850. The Morgan fingerprint density at radius 3 is 2.85 bits per heavy atom. The maximum Gasteiger partial charge on any atom is 0.239 e. The predicted molar refractivity (Wildman–Crippen MR) is 74.3 cm³/mol. The van der Waals surface area contributed by atoms with E-state index in [1.807, 2.05) is 30.3 Å². The highest BCUT2D eigenvalue weighted by Crippen LogP contribution is 2.28. The van der Waals surface area contributed by atoms with Gasteiger partial charge in [0.05, 0.1) is 19.3 Å². The summed E-state index contributed by atoms with van der Waals surface area (Å²) in [7, 11) is 0. The van der Waals surface area contributed by atoms with E-state index in [2.05, 4.69) is 10.6 Å². The molecule has 0 bridgehead atoms. The van der Waals surface area contributed by atoms with E-state index in [1.165, 1.54) is 0 Å². The van der Waals surface area contributed by atoms with Gasteiger partial charge in [-0.15, -0.1) is 0 Å². The molecule has 2 aliphatic heterocycles. The maximum absolute atomic E-state index is 12.2. The average molecular weight is 276 g/mol. The van der Waals surface area contributed by atoms with Crippen LogP contribution >= 0.6 is 0 Å². The molecule has 0 radical (unpaired) electrons. The van der Waals surface area contributed by atoms with E-state index in [4.69, 9.17) is 9.47 Å². The normalized spacial score (nSPS) is 30.1. The molecule has 108 valence electrons. The van der Waals surface area contributed by atoms with Gasteiger partial charge in [-0.05, 0) is 12.0 Å². The number of rotatable bonds is 3. The number of ether oxygens (including phenoxy) is 2. The number of hydrogen-bond acceptors (Lipinski definition) is 4. The lowest BCUT2D eigenvalue weighted by Crippen LogP contribution is -2.53. The first-order chi connectivity index (χ1) is 9.84. The van der Waals surface area contributed by atoms with Crippen molar-refractivity contribution >= 4 is 5.91 Å². The molecule has 0 aromatic heterocycles. The summed E-state index contributed by atoms with van der Waals surface area (Å²) in [5, 5.41) is 6.26. The highest BCUT2D eigenvalue weighted by Gasteiger charge is 2.32. The zero-order valence-electron chi connectivity index (χ0n) is 11.4. The van der Waals surface area contributed by atoms with Gasteiger partial charge in [-0.25, -0.2) is 0 Å². The second kappa shape index (κ2) is 6.35. The molecule has 2 fully saturated rings. The number of amides is 1. The fourth-order valence-electron chi connectivity index (χ4n) is 2.73. The topological polar surface area (TPSA) is 59.6 Å². The molecule has 3 atom stereocenters. The monoisotopic (exact) mass is 276 g/mol. The standard InChI is InChI=1S/C15H20N2O3/c18-15(13-10-19-9-7-16-13)17-12-6-8-20-14(12)11-4-2-1-3-5-11/h1-5,12-14,16H,6-10H2,(H,17,18). The summed E-state index contributed by atoms with van der Waals surface area (Å²) in [5.74, 6) is 0.00105. The number of carbonyl (C=O) groups excluding carboxylic acids is 1. The van der Waals surface area contributed by atoms with Crippen LogP contribution in [0.25, 0.3) is 0 Å². The molecule has 5 heteroatoms. The SMILES string of the molecule is O=C(NC1CCOC1c1ccccc1)C1COCCN1. The zero-order chi connectivity index (χ0) is 13.8. The van der Waals surface area contributed by atoms with Gasteiger partial charge in [-0.3, -0.25) is 4.79 Å². The van der Waals surface area contributed by atoms with Crippen molar-refractivity contribution in [1.82, 2.24) is 10.6 Å². The highest BCUT2D eigenvalue weighted by atomic mass is 16.5. The zero-order valence-corrected chi connectivity index (χ0v) is 11.4. The highest BCUT2D eigenvalue weighted by molar-refractivity contribution is 5.82. The van der Waals surface area contributed by atoms with Gasteiger partial charge >= 0.3 is 0 Å². The fourth-order valence-corrected chi connectivity index (χ4v) is 2.73. The Balaban J connectivity index is 1.62. The van der Waals surface area contributed by atoms with Crippen molar-refractivity contribution in [3.8, 4) is 0 Å². The molecule has 2 aliphatic rings. The van der Waals surface area contributed by atoms with Crippen molar-refractivity contribution in [1.29, 1.82) is 0 Å². The first-order valence-electron chi connectivity index (χ1n) is 7.12. The first-order valence-corrected chi connectivity index (χ1v) is 7.12. The molecular formula is C15H20N2O3. The predicted octanol–water partition coefficient (Wildman–Crippen LogP) is 0.621. The molecule has 1 aromatic rings. The molecule has 3 unspecified atom stereocenters. The van der Waals surface area contributed by atoms with E-state index in [-0.39, 0.29) is 24.1 Å². The summed E-state index contributed by atoms with van der Waals surface area (Å²) in [6.45, 7) is 2.51. The number of nitrogens with one attached hydrogen (secondary N) is 2. The van der Waals surface area contributed by atoms with E-state index < -0.39 is 0 Å². The minimum Gasteiger partial charge on any atom is -0.378 e. The first kappa shape index (κ1) is 13.5. The van der Waals surface area contributed by atoms with Gasteiger partial charge in [0.1, 0.15) is 12.1 Å². The smallest absolute Gasteiger partial charge is 0.239 e. The minimum absolute atomic E-state index is 0.00105. The third-order valence-corrected chi connectivity index (χ3v) is 3.79. The Labute approximate surface area is 118 Å². The third-order valence-electron chi connectivity index (χ3n) is 3.79. The van der Waals surface area contributed by atoms with Gasteiger partial charge in [-0.1, -0.05) is 30.3 Å². The van der Waals surface area contributed by atoms with Gasteiger partial charge in [0.25, 0.3) is 0 Å². The van der Waals surface area contributed by atoms with Crippen molar-refractivity contribution < 1.29 is 14.3 Å². The summed E-state index contributed by atoms with van der Waals surface area (Å²) in [4.78, 5) is 12.2. The van der Waals surface area contributed by atoms with Crippen LogP contribution in [0.3, 0.4) is 0 Å². The molecule has 0 spiro atoms. The molecule has 5 nitrogen and oxygen atoms in total. The number of benzene rings is 1. The minimum atomic E-state index is -0.249. The van der Waals surface area contributed by atoms with Crippen LogP contribution in [0.1, 0.15) is 18.1 Å². The van der Waals surface area contributed by atoms with Crippen molar-refractivity contribution in [3.63, 3.8) is 0 Å². The molecule has 2 N–H and O–H groups in total. The summed E-state index contributed by atoms with van der Waals surface area (Å²) in [6, 6.07) is 9.83. The summed E-state index contributed by atoms with van der Waals surface area (Å²) < 4.78 is 11.1. The molecule has 2 saturated heterocycles. The van der Waals surface area contributed by atoms with Gasteiger partial charge in [0.15, 0.2) is 0 Å². The van der Waals surface area contributed by atoms with Crippen LogP contribution in [-0.4, -0.2) is 44.4 Å². The Morgan fingerprint density at radius 1 is 1.25 bits per heavy atom. The molecule has 0 saturated carbocycles. The van der Waals surface area contributed by atoms with Crippen LogP contribution in [0.5, 0.6) is 0 Å². The Hall–Kier alpha value is -1.43. The van der Waals surface area contributed by atoms with Gasteiger partial charge in [-0.2, -0.15) is 0 Å². The maximum atomic E-state index is 12.2. The molecule has 3 rings (SSSR count). The van der Waals surface area contributed by atoms with E-state index in [1.54, 1.807) is 0 Å². The largest absolute Gasteiger partial charge is 0.378 e. The second-order valence-corrected chi connectivity index (χ2v) is 5.19. The van der Waals surface area contributed by atoms with E-state index >= 15 is 0 Å². The third kappa shape index (κ3) is 3.00. The van der Waals surface area contributed by atoms with Crippen molar-refractivity contribution in [2.75, 3.05) is 26.4 Å². The molecule has 1 aromatic carbocycles. The molecule has 1 amide bonds. The lowest BCUT2D eigenvalue weighted by atomic mass is 10.0. The summed E-state index contributed by atoms with van der Waals surface area (Å²) in [6.07, 6.45) is 0.795. The van der Waals surface area contributed by atoms with E-state index in [0.29, 0.717) is 19.8 Å². The number of morpholine rings is 1. The fraction of sp³-hybridized carbons (Fsp3) is 0.533. The Bertz CT molecular complexity index is 446. The van der Waals surface area contributed by atoms with E-state index in [0.717, 1.165) is 18.5 Å². The summed E-state index contributed by atoms with van der Waals surface area (Å²) >= 11 is 0. The number of carbonyl (C=O) groups is 1. The molecule has 20 heavy (non-hydrogen) atoms. The molecular weight excluding hydrogens is 256 g/mol. The summed E-state index contributed by atoms with van der Waals surface area (Å²) in [5.41, 5.74) is 1.11. The van der Waals surface area contributed by atoms with Crippen molar-refractivity contribution in [2.45, 2.75) is 24.6 Å². The second-order valence-electron chi connectivity index (χ2n) is 5.19. The van der Waals surface area contributed by atoms with Crippen molar-refractivity contribution in [3.05, 3.63) is 35.9 Å². The van der Waals surface area contributed by atoms with Gasteiger partial charge in [0, 0.05) is 13.2 Å². The number of hydrogen-bond donors (Lipinski definition) is 2. The van der Waals surface area contributed by atoms with Crippen molar-refractivity contribution in [2.24, 2.45) is 0 Å². The Kier molecular flexibility index (Phi) is 4.30. The van der Waals surface area contributed by atoms with Crippen LogP contribution in [0.4, 0.5) is 0 Å². The van der Waals surface area contributed by atoms with E-state index in [9.17, 15) is 4.79 Å². The van der Waals surface area contributed by atoms with Crippen LogP contribution in [0.2, 0.25) is 0 Å². The van der Waals surface area contributed by atoms with Gasteiger partial charge in [0.2, 0.25) is 5.91 Å². The lowest BCUT2D eigenvalue weighted by Gasteiger charge is -2.26. The molecule has 2 heterocycles. The van der Waals surface area contributed by atoms with Gasteiger partial charge < -0.3 is 20.1 Å². The average Bonchev–Trinajstić information content (AvgIpc) is 2.97. The van der Waals surface area contributed by atoms with Crippen LogP contribution in [-0.2, 0) is 14.3 Å².